The first-order valence-electron chi connectivity index (χ1n) is 8.38. The van der Waals surface area contributed by atoms with Crippen molar-refractivity contribution in [2.45, 2.75) is 25.1 Å². The molecule has 1 aliphatic heterocycles. The van der Waals surface area contributed by atoms with Crippen LogP contribution in [0.4, 0.5) is 14.7 Å². The van der Waals surface area contributed by atoms with E-state index in [-0.39, 0.29) is 17.8 Å². The van der Waals surface area contributed by atoms with E-state index in [0.29, 0.717) is 17.9 Å². The Morgan fingerprint density at radius 1 is 1.15 bits per heavy atom. The van der Waals surface area contributed by atoms with Gasteiger partial charge in [0.05, 0.1) is 19.2 Å². The van der Waals surface area contributed by atoms with E-state index in [1.807, 2.05) is 24.3 Å². The molecule has 2 heterocycles. The lowest BCUT2D eigenvalue weighted by Gasteiger charge is -2.31. The van der Waals surface area contributed by atoms with Crippen LogP contribution in [0.25, 0.3) is 0 Å². The summed E-state index contributed by atoms with van der Waals surface area (Å²) in [5.74, 6) is 1.35. The Balaban J connectivity index is 1.70. The topological polar surface area (TPSA) is 74.1 Å². The van der Waals surface area contributed by atoms with Crippen LogP contribution < -0.4 is 14.8 Å². The number of rotatable bonds is 5. The third-order valence-electron chi connectivity index (χ3n) is 4.56. The standard InChI is InChI=1S/C18H17F2N5O2/c1-26-12-8-6-11(7-9-12)14-10-15(25-18(21-14)22-23-24-25)13-4-2-3-5-16(13)27-17(19)20/h2-9,14-15,17H,10H2,1H3,(H,21,22,24)/t14-,15+/m1/s1. The third-order valence-corrected chi connectivity index (χ3v) is 4.56. The summed E-state index contributed by atoms with van der Waals surface area (Å²) < 4.78 is 37.1. The van der Waals surface area contributed by atoms with Crippen LogP contribution in [0, 0.1) is 0 Å². The normalized spacial score (nSPS) is 18.7. The molecule has 0 fully saturated rings. The highest BCUT2D eigenvalue weighted by molar-refractivity contribution is 5.43. The molecule has 9 heteroatoms. The lowest BCUT2D eigenvalue weighted by molar-refractivity contribution is -0.0507. The minimum Gasteiger partial charge on any atom is -0.497 e. The summed E-state index contributed by atoms with van der Waals surface area (Å²) in [4.78, 5) is 0. The van der Waals surface area contributed by atoms with Crippen LogP contribution in [-0.4, -0.2) is 33.9 Å². The molecule has 0 unspecified atom stereocenters. The molecule has 0 spiro atoms. The van der Waals surface area contributed by atoms with Gasteiger partial charge in [-0.15, -0.1) is 0 Å². The SMILES string of the molecule is COc1ccc([C@H]2C[C@@H](c3ccccc3OC(F)F)n3nnnc3N2)cc1. The van der Waals surface area contributed by atoms with Gasteiger partial charge in [0.2, 0.25) is 5.95 Å². The van der Waals surface area contributed by atoms with Crippen molar-refractivity contribution in [2.24, 2.45) is 0 Å². The molecule has 2 aromatic carbocycles. The van der Waals surface area contributed by atoms with E-state index in [2.05, 4.69) is 20.8 Å². The van der Waals surface area contributed by atoms with Gasteiger partial charge in [-0.3, -0.25) is 0 Å². The highest BCUT2D eigenvalue weighted by Crippen LogP contribution is 2.40. The largest absolute Gasteiger partial charge is 0.497 e. The first-order valence-corrected chi connectivity index (χ1v) is 8.38. The minimum atomic E-state index is -2.90. The molecule has 0 saturated heterocycles. The zero-order valence-corrected chi connectivity index (χ0v) is 14.4. The fourth-order valence-electron chi connectivity index (χ4n) is 3.31. The lowest BCUT2D eigenvalue weighted by Crippen LogP contribution is -2.28. The highest BCUT2D eigenvalue weighted by Gasteiger charge is 2.32. The number of halogens is 2. The molecule has 1 N–H and O–H groups in total. The molecule has 0 saturated carbocycles. The molecule has 2 atom stereocenters. The van der Waals surface area contributed by atoms with E-state index in [0.717, 1.165) is 11.3 Å². The lowest BCUT2D eigenvalue weighted by atomic mass is 9.93. The molecule has 1 aliphatic rings. The van der Waals surface area contributed by atoms with Crippen molar-refractivity contribution in [3.8, 4) is 11.5 Å². The Kier molecular flexibility index (Phi) is 4.57. The maximum atomic E-state index is 12.8. The van der Waals surface area contributed by atoms with Crippen molar-refractivity contribution in [1.82, 2.24) is 20.2 Å². The van der Waals surface area contributed by atoms with Gasteiger partial charge >= 0.3 is 6.61 Å². The number of nitrogens with zero attached hydrogens (tertiary/aromatic N) is 4. The Hall–Kier alpha value is -3.23. The molecular formula is C18H17F2N5O2. The summed E-state index contributed by atoms with van der Waals surface area (Å²) in [5.41, 5.74) is 1.62. The molecule has 0 radical (unpaired) electrons. The maximum absolute atomic E-state index is 12.8. The van der Waals surface area contributed by atoms with Gasteiger partial charge < -0.3 is 14.8 Å². The van der Waals surface area contributed by atoms with E-state index in [9.17, 15) is 8.78 Å². The number of nitrogens with one attached hydrogen (secondary N) is 1. The van der Waals surface area contributed by atoms with E-state index >= 15 is 0 Å². The van der Waals surface area contributed by atoms with Crippen molar-refractivity contribution in [3.05, 3.63) is 59.7 Å². The summed E-state index contributed by atoms with van der Waals surface area (Å²) >= 11 is 0. The number of tetrazole rings is 1. The van der Waals surface area contributed by atoms with Gasteiger partial charge in [0, 0.05) is 5.56 Å². The second-order valence-electron chi connectivity index (χ2n) is 6.08. The number of fused-ring (bicyclic) bond motifs is 1. The van der Waals surface area contributed by atoms with Crippen molar-refractivity contribution in [1.29, 1.82) is 0 Å². The quantitative estimate of drug-likeness (QED) is 0.739. The average molecular weight is 373 g/mol. The molecule has 0 aliphatic carbocycles. The van der Waals surface area contributed by atoms with Crippen LogP contribution in [0.3, 0.4) is 0 Å². The molecule has 140 valence electrons. The van der Waals surface area contributed by atoms with Crippen LogP contribution in [-0.2, 0) is 0 Å². The van der Waals surface area contributed by atoms with Gasteiger partial charge in [0.25, 0.3) is 0 Å². The first kappa shape index (κ1) is 17.2. The van der Waals surface area contributed by atoms with Gasteiger partial charge in [0.1, 0.15) is 11.5 Å². The molecule has 27 heavy (non-hydrogen) atoms. The zero-order valence-electron chi connectivity index (χ0n) is 14.4. The molecule has 0 bridgehead atoms. The number of benzene rings is 2. The fraction of sp³-hybridized carbons (Fsp3) is 0.278. The van der Waals surface area contributed by atoms with Gasteiger partial charge in [-0.05, 0) is 40.6 Å². The number of anilines is 1. The monoisotopic (exact) mass is 373 g/mol. The van der Waals surface area contributed by atoms with Gasteiger partial charge in [-0.1, -0.05) is 35.4 Å². The summed E-state index contributed by atoms with van der Waals surface area (Å²) in [5, 5.41) is 15.0. The van der Waals surface area contributed by atoms with Gasteiger partial charge in [-0.2, -0.15) is 8.78 Å². The first-order chi connectivity index (χ1) is 13.2. The number of hydrogen-bond donors (Lipinski definition) is 1. The second kappa shape index (κ2) is 7.18. The van der Waals surface area contributed by atoms with Gasteiger partial charge in [-0.25, -0.2) is 4.68 Å². The van der Waals surface area contributed by atoms with Crippen LogP contribution in [0.2, 0.25) is 0 Å². The van der Waals surface area contributed by atoms with Crippen molar-refractivity contribution in [2.75, 3.05) is 12.4 Å². The molecular weight excluding hydrogens is 356 g/mol. The second-order valence-corrected chi connectivity index (χ2v) is 6.08. The molecule has 3 aromatic rings. The summed E-state index contributed by atoms with van der Waals surface area (Å²) in [6.45, 7) is -2.90. The minimum absolute atomic E-state index is 0.0981. The van der Waals surface area contributed by atoms with Gasteiger partial charge in [0.15, 0.2) is 0 Å². The Morgan fingerprint density at radius 2 is 1.93 bits per heavy atom. The van der Waals surface area contributed by atoms with E-state index < -0.39 is 6.61 Å². The van der Waals surface area contributed by atoms with Crippen molar-refractivity contribution < 1.29 is 18.3 Å². The molecule has 0 amide bonds. The predicted octanol–water partition coefficient (Wildman–Crippen LogP) is 3.43. The van der Waals surface area contributed by atoms with E-state index in [1.54, 1.807) is 30.0 Å². The molecule has 7 nitrogen and oxygen atoms in total. The average Bonchev–Trinajstić information content (AvgIpc) is 3.16. The van der Waals surface area contributed by atoms with Crippen molar-refractivity contribution in [3.63, 3.8) is 0 Å². The Bertz CT molecular complexity index is 916. The molecule has 4 rings (SSSR count). The predicted molar refractivity (Wildman–Crippen MR) is 93.0 cm³/mol. The Labute approximate surface area is 153 Å². The number of methoxy groups -OCH3 is 1. The highest BCUT2D eigenvalue weighted by atomic mass is 19.3. The summed E-state index contributed by atoms with van der Waals surface area (Å²) in [6.07, 6.45) is 0.563. The zero-order chi connectivity index (χ0) is 18.8. The number of hydrogen-bond acceptors (Lipinski definition) is 6. The van der Waals surface area contributed by atoms with E-state index in [1.165, 1.54) is 6.07 Å². The number of para-hydroxylation sites is 1. The smallest absolute Gasteiger partial charge is 0.387 e. The van der Waals surface area contributed by atoms with Crippen LogP contribution in [0.5, 0.6) is 11.5 Å². The number of alkyl halides is 2. The number of ether oxygens (including phenoxy) is 2. The Morgan fingerprint density at radius 3 is 2.67 bits per heavy atom. The number of aromatic nitrogens is 4. The van der Waals surface area contributed by atoms with E-state index in [4.69, 9.17) is 9.47 Å². The fourth-order valence-corrected chi connectivity index (χ4v) is 3.31. The third kappa shape index (κ3) is 3.40. The van der Waals surface area contributed by atoms with Crippen LogP contribution in [0.15, 0.2) is 48.5 Å². The maximum Gasteiger partial charge on any atom is 0.387 e. The van der Waals surface area contributed by atoms with Crippen molar-refractivity contribution >= 4 is 5.95 Å². The van der Waals surface area contributed by atoms with Crippen LogP contribution in [0.1, 0.15) is 29.6 Å². The molecule has 1 aromatic heterocycles. The van der Waals surface area contributed by atoms with Crippen LogP contribution >= 0.6 is 0 Å². The summed E-state index contributed by atoms with van der Waals surface area (Å²) in [6, 6.07) is 13.9. The summed E-state index contributed by atoms with van der Waals surface area (Å²) in [7, 11) is 1.61.